The molecule has 1 aromatic carbocycles. The number of hydrogen-bond donors (Lipinski definition) is 1. The van der Waals surface area contributed by atoms with Crippen molar-refractivity contribution in [1.29, 1.82) is 0 Å². The van der Waals surface area contributed by atoms with Crippen molar-refractivity contribution < 1.29 is 4.74 Å². The lowest BCUT2D eigenvalue weighted by Crippen LogP contribution is -2.40. The standard InChI is InChI=1S/C19H29NO/c1-13(2)21-16-9-7-6-8-15(16)20-17-12-14-10-11-19(17,5)18(14,3)4/h6-9,13-14,17,20H,10-12H2,1-5H3. The number of nitrogens with one attached hydrogen (secondary N) is 1. The van der Waals surface area contributed by atoms with E-state index in [0.717, 1.165) is 17.4 Å². The number of hydrogen-bond acceptors (Lipinski definition) is 2. The Morgan fingerprint density at radius 3 is 2.48 bits per heavy atom. The van der Waals surface area contributed by atoms with Crippen LogP contribution in [0.15, 0.2) is 24.3 Å². The van der Waals surface area contributed by atoms with Crippen LogP contribution in [-0.4, -0.2) is 12.1 Å². The largest absolute Gasteiger partial charge is 0.489 e. The van der Waals surface area contributed by atoms with Crippen LogP contribution >= 0.6 is 0 Å². The van der Waals surface area contributed by atoms with Crippen molar-refractivity contribution in [1.82, 2.24) is 0 Å². The van der Waals surface area contributed by atoms with Crippen LogP contribution in [0.25, 0.3) is 0 Å². The average molecular weight is 287 g/mol. The number of rotatable bonds is 4. The van der Waals surface area contributed by atoms with Gasteiger partial charge in [-0.1, -0.05) is 32.9 Å². The summed E-state index contributed by atoms with van der Waals surface area (Å²) >= 11 is 0. The first kappa shape index (κ1) is 14.7. The highest BCUT2D eigenvalue weighted by Crippen LogP contribution is 2.66. The molecule has 2 bridgehead atoms. The maximum atomic E-state index is 5.96. The van der Waals surface area contributed by atoms with Crippen LogP contribution in [0.1, 0.15) is 53.9 Å². The van der Waals surface area contributed by atoms with E-state index in [-0.39, 0.29) is 6.10 Å². The van der Waals surface area contributed by atoms with Gasteiger partial charge < -0.3 is 10.1 Å². The molecule has 3 unspecified atom stereocenters. The number of ether oxygens (including phenoxy) is 1. The third kappa shape index (κ3) is 2.23. The molecule has 1 N–H and O–H groups in total. The van der Waals surface area contributed by atoms with Crippen LogP contribution < -0.4 is 10.1 Å². The molecule has 0 aromatic heterocycles. The third-order valence-electron chi connectivity index (χ3n) is 6.37. The Morgan fingerprint density at radius 2 is 1.90 bits per heavy atom. The predicted octanol–water partition coefficient (Wildman–Crippen LogP) is 5.10. The molecular formula is C19H29NO. The van der Waals surface area contributed by atoms with E-state index in [2.05, 4.69) is 64.2 Å². The maximum Gasteiger partial charge on any atom is 0.142 e. The molecule has 0 aliphatic heterocycles. The van der Waals surface area contributed by atoms with Gasteiger partial charge in [-0.15, -0.1) is 0 Å². The summed E-state index contributed by atoms with van der Waals surface area (Å²) in [5, 5.41) is 3.82. The first-order valence-corrected chi connectivity index (χ1v) is 8.37. The van der Waals surface area contributed by atoms with Crippen LogP contribution in [0, 0.1) is 16.7 Å². The molecule has 3 atom stereocenters. The van der Waals surface area contributed by atoms with E-state index >= 15 is 0 Å². The topological polar surface area (TPSA) is 21.3 Å². The number of fused-ring (bicyclic) bond motifs is 2. The van der Waals surface area contributed by atoms with Crippen LogP contribution in [0.5, 0.6) is 5.75 Å². The second-order valence-electron chi connectivity index (χ2n) is 7.97. The van der Waals surface area contributed by atoms with Gasteiger partial charge >= 0.3 is 0 Å². The Kier molecular flexibility index (Phi) is 3.46. The molecule has 2 saturated carbocycles. The number of anilines is 1. The van der Waals surface area contributed by atoms with E-state index in [1.807, 2.05) is 0 Å². The van der Waals surface area contributed by atoms with Gasteiger partial charge in [0.1, 0.15) is 5.75 Å². The first-order valence-electron chi connectivity index (χ1n) is 8.37. The van der Waals surface area contributed by atoms with Gasteiger partial charge in [0.15, 0.2) is 0 Å². The lowest BCUT2D eigenvalue weighted by Gasteiger charge is -2.40. The molecule has 2 nitrogen and oxygen atoms in total. The lowest BCUT2D eigenvalue weighted by atomic mass is 9.69. The van der Waals surface area contributed by atoms with E-state index in [1.165, 1.54) is 19.3 Å². The minimum Gasteiger partial charge on any atom is -0.489 e. The fraction of sp³-hybridized carbons (Fsp3) is 0.684. The molecule has 0 amide bonds. The molecule has 1 aromatic rings. The quantitative estimate of drug-likeness (QED) is 0.831. The van der Waals surface area contributed by atoms with Crippen LogP contribution in [0.2, 0.25) is 0 Å². The second-order valence-corrected chi connectivity index (χ2v) is 7.97. The van der Waals surface area contributed by atoms with Gasteiger partial charge in [0, 0.05) is 6.04 Å². The zero-order valence-electron chi connectivity index (χ0n) is 14.1. The molecule has 0 spiro atoms. The van der Waals surface area contributed by atoms with E-state index in [0.29, 0.717) is 16.9 Å². The second kappa shape index (κ2) is 4.93. The van der Waals surface area contributed by atoms with Crippen molar-refractivity contribution in [2.45, 2.75) is 66.0 Å². The summed E-state index contributed by atoms with van der Waals surface area (Å²) in [6.07, 6.45) is 4.24. The van der Waals surface area contributed by atoms with Crippen molar-refractivity contribution in [3.05, 3.63) is 24.3 Å². The summed E-state index contributed by atoms with van der Waals surface area (Å²) in [6.45, 7) is 11.6. The third-order valence-corrected chi connectivity index (χ3v) is 6.37. The van der Waals surface area contributed by atoms with Crippen molar-refractivity contribution in [2.24, 2.45) is 16.7 Å². The zero-order chi connectivity index (χ0) is 15.3. The van der Waals surface area contributed by atoms with Crippen LogP contribution in [-0.2, 0) is 0 Å². The van der Waals surface area contributed by atoms with E-state index < -0.39 is 0 Å². The van der Waals surface area contributed by atoms with Crippen molar-refractivity contribution in [3.8, 4) is 5.75 Å². The Hall–Kier alpha value is -1.18. The molecule has 2 fully saturated rings. The molecule has 2 heteroatoms. The SMILES string of the molecule is CC(C)Oc1ccccc1NC1CC2CCC1(C)C2(C)C. The molecule has 3 rings (SSSR count). The fourth-order valence-corrected chi connectivity index (χ4v) is 4.55. The molecule has 21 heavy (non-hydrogen) atoms. The van der Waals surface area contributed by atoms with Gasteiger partial charge in [0.2, 0.25) is 0 Å². The number of para-hydroxylation sites is 2. The molecule has 0 heterocycles. The monoisotopic (exact) mass is 287 g/mol. The van der Waals surface area contributed by atoms with E-state index in [9.17, 15) is 0 Å². The summed E-state index contributed by atoms with van der Waals surface area (Å²) in [5.74, 6) is 1.84. The lowest BCUT2D eigenvalue weighted by molar-refractivity contribution is 0.142. The van der Waals surface area contributed by atoms with Crippen molar-refractivity contribution >= 4 is 5.69 Å². The molecule has 2 aliphatic rings. The molecule has 0 saturated heterocycles. The van der Waals surface area contributed by atoms with Gasteiger partial charge in [-0.05, 0) is 62.0 Å². The minimum atomic E-state index is 0.208. The summed E-state index contributed by atoms with van der Waals surface area (Å²) in [4.78, 5) is 0. The summed E-state index contributed by atoms with van der Waals surface area (Å²) in [7, 11) is 0. The van der Waals surface area contributed by atoms with Crippen LogP contribution in [0.4, 0.5) is 5.69 Å². The highest BCUT2D eigenvalue weighted by atomic mass is 16.5. The van der Waals surface area contributed by atoms with Gasteiger partial charge in [0.25, 0.3) is 0 Å². The highest BCUT2D eigenvalue weighted by molar-refractivity contribution is 5.57. The normalized spacial score (nSPS) is 33.4. The smallest absolute Gasteiger partial charge is 0.142 e. The Balaban J connectivity index is 1.83. The predicted molar refractivity (Wildman–Crippen MR) is 88.8 cm³/mol. The van der Waals surface area contributed by atoms with Gasteiger partial charge in [-0.3, -0.25) is 0 Å². The van der Waals surface area contributed by atoms with Crippen molar-refractivity contribution in [3.63, 3.8) is 0 Å². The Bertz CT molecular complexity index is 522. The highest BCUT2D eigenvalue weighted by Gasteiger charge is 2.61. The molecule has 0 radical (unpaired) electrons. The van der Waals surface area contributed by atoms with E-state index in [4.69, 9.17) is 4.74 Å². The summed E-state index contributed by atoms with van der Waals surface area (Å²) < 4.78 is 5.96. The Labute approximate surface area is 129 Å². The van der Waals surface area contributed by atoms with Gasteiger partial charge in [-0.25, -0.2) is 0 Å². The van der Waals surface area contributed by atoms with Gasteiger partial charge in [-0.2, -0.15) is 0 Å². The fourth-order valence-electron chi connectivity index (χ4n) is 4.55. The zero-order valence-corrected chi connectivity index (χ0v) is 14.1. The summed E-state index contributed by atoms with van der Waals surface area (Å²) in [5.41, 5.74) is 1.99. The number of benzene rings is 1. The molecule has 116 valence electrons. The minimum absolute atomic E-state index is 0.208. The van der Waals surface area contributed by atoms with E-state index in [1.54, 1.807) is 0 Å². The van der Waals surface area contributed by atoms with Crippen LogP contribution in [0.3, 0.4) is 0 Å². The first-order chi connectivity index (χ1) is 9.84. The maximum absolute atomic E-state index is 5.96. The summed E-state index contributed by atoms with van der Waals surface area (Å²) in [6, 6.07) is 8.93. The molecule has 2 aliphatic carbocycles. The van der Waals surface area contributed by atoms with Crippen molar-refractivity contribution in [2.75, 3.05) is 5.32 Å². The molecular weight excluding hydrogens is 258 g/mol. The van der Waals surface area contributed by atoms with Gasteiger partial charge in [0.05, 0.1) is 11.8 Å². The average Bonchev–Trinajstić information content (AvgIpc) is 2.73. The Morgan fingerprint density at radius 1 is 1.19 bits per heavy atom.